The van der Waals surface area contributed by atoms with Crippen molar-refractivity contribution in [2.24, 2.45) is 5.16 Å². The molecule has 0 atom stereocenters. The van der Waals surface area contributed by atoms with Gasteiger partial charge in [0.15, 0.2) is 5.71 Å². The molecule has 16 heavy (non-hydrogen) atoms. The fourth-order valence-corrected chi connectivity index (χ4v) is 1.48. The lowest BCUT2D eigenvalue weighted by Gasteiger charge is -2.08. The van der Waals surface area contributed by atoms with Crippen molar-refractivity contribution in [3.8, 4) is 0 Å². The zero-order chi connectivity index (χ0) is 12.0. The van der Waals surface area contributed by atoms with Gasteiger partial charge in [0.05, 0.1) is 0 Å². The summed E-state index contributed by atoms with van der Waals surface area (Å²) in [5.74, 6) is -0.247. The van der Waals surface area contributed by atoms with Gasteiger partial charge >= 0.3 is 0 Å². The van der Waals surface area contributed by atoms with Gasteiger partial charge in [0.1, 0.15) is 7.11 Å². The van der Waals surface area contributed by atoms with Gasteiger partial charge in [-0.25, -0.2) is 0 Å². The summed E-state index contributed by atoms with van der Waals surface area (Å²) in [6.07, 6.45) is 0.843. The Bertz CT molecular complexity index is 400. The summed E-state index contributed by atoms with van der Waals surface area (Å²) in [4.78, 5) is 16.4. The van der Waals surface area contributed by atoms with Crippen LogP contribution < -0.4 is 5.32 Å². The summed E-state index contributed by atoms with van der Waals surface area (Å²) in [5, 5.41) is 6.33. The highest BCUT2D eigenvalue weighted by atomic mass is 16.6. The van der Waals surface area contributed by atoms with Crippen LogP contribution in [0.3, 0.4) is 0 Å². The number of rotatable bonds is 4. The Morgan fingerprint density at radius 3 is 2.69 bits per heavy atom. The predicted octanol–water partition coefficient (Wildman–Crippen LogP) is 1.35. The first-order chi connectivity index (χ1) is 7.74. The number of hydrogen-bond acceptors (Lipinski definition) is 3. The maximum Gasteiger partial charge on any atom is 0.273 e. The molecule has 0 unspecified atom stereocenters. The molecule has 0 aliphatic carbocycles. The third kappa shape index (κ3) is 2.59. The molecule has 0 aliphatic rings. The van der Waals surface area contributed by atoms with Crippen LogP contribution in [0, 0.1) is 0 Å². The summed E-state index contributed by atoms with van der Waals surface area (Å²) in [7, 11) is 3.00. The van der Waals surface area contributed by atoms with Crippen LogP contribution in [0.4, 0.5) is 0 Å². The highest BCUT2D eigenvalue weighted by Gasteiger charge is 2.15. The van der Waals surface area contributed by atoms with E-state index in [0.29, 0.717) is 5.71 Å². The number of oxime groups is 1. The monoisotopic (exact) mass is 220 g/mol. The fraction of sp³-hybridized carbons (Fsp3) is 0.333. The lowest BCUT2D eigenvalue weighted by molar-refractivity contribution is -0.114. The van der Waals surface area contributed by atoms with Gasteiger partial charge in [-0.1, -0.05) is 36.3 Å². The molecule has 4 heteroatoms. The zero-order valence-electron chi connectivity index (χ0n) is 9.78. The highest BCUT2D eigenvalue weighted by molar-refractivity contribution is 6.45. The van der Waals surface area contributed by atoms with Crippen LogP contribution in [0.5, 0.6) is 0 Å². The van der Waals surface area contributed by atoms with Crippen LogP contribution in [-0.2, 0) is 16.1 Å². The number of nitrogens with zero attached hydrogens (tertiary/aromatic N) is 1. The van der Waals surface area contributed by atoms with Crippen molar-refractivity contribution in [3.05, 3.63) is 35.4 Å². The second kappa shape index (κ2) is 5.90. The second-order valence-corrected chi connectivity index (χ2v) is 3.21. The van der Waals surface area contributed by atoms with Crippen molar-refractivity contribution in [1.82, 2.24) is 5.32 Å². The highest BCUT2D eigenvalue weighted by Crippen LogP contribution is 2.11. The van der Waals surface area contributed by atoms with Gasteiger partial charge in [-0.05, 0) is 12.0 Å². The van der Waals surface area contributed by atoms with E-state index in [1.165, 1.54) is 7.11 Å². The van der Waals surface area contributed by atoms with Crippen molar-refractivity contribution in [3.63, 3.8) is 0 Å². The maximum absolute atomic E-state index is 11.6. The average molecular weight is 220 g/mol. The number of likely N-dealkylation sites (N-methyl/N-ethyl adjacent to an activating group) is 1. The molecule has 1 amide bonds. The Morgan fingerprint density at radius 2 is 2.12 bits per heavy atom. The lowest BCUT2D eigenvalue weighted by Crippen LogP contribution is -2.29. The minimum atomic E-state index is -0.247. The van der Waals surface area contributed by atoms with Gasteiger partial charge in [-0.3, -0.25) is 4.79 Å². The van der Waals surface area contributed by atoms with Gasteiger partial charge in [0, 0.05) is 12.6 Å². The molecule has 0 aromatic heterocycles. The molecule has 0 radical (unpaired) electrons. The molecular formula is C12H16N2O2. The molecule has 1 aromatic rings. The SMILES string of the molecule is CCc1ccccc1/C(=N/OC)C(=O)NC. The Morgan fingerprint density at radius 1 is 1.44 bits per heavy atom. The normalized spacial score (nSPS) is 11.1. The van der Waals surface area contributed by atoms with E-state index in [9.17, 15) is 4.79 Å². The van der Waals surface area contributed by atoms with E-state index in [2.05, 4.69) is 10.5 Å². The Kier molecular flexibility index (Phi) is 4.51. The standard InChI is InChI=1S/C12H16N2O2/c1-4-9-7-5-6-8-10(9)11(14-16-3)12(15)13-2/h5-8H,4H2,1-3H3,(H,13,15)/b14-11-. The molecule has 0 fully saturated rings. The van der Waals surface area contributed by atoms with Crippen LogP contribution in [0.1, 0.15) is 18.1 Å². The van der Waals surface area contributed by atoms with E-state index in [-0.39, 0.29) is 5.91 Å². The van der Waals surface area contributed by atoms with E-state index in [1.54, 1.807) is 7.05 Å². The third-order valence-corrected chi connectivity index (χ3v) is 2.28. The van der Waals surface area contributed by atoms with Crippen LogP contribution in [-0.4, -0.2) is 25.8 Å². The van der Waals surface area contributed by atoms with Crippen LogP contribution >= 0.6 is 0 Å². The molecule has 0 saturated carbocycles. The van der Waals surface area contributed by atoms with Gasteiger partial charge < -0.3 is 10.2 Å². The molecule has 0 spiro atoms. The van der Waals surface area contributed by atoms with Crippen LogP contribution in [0.2, 0.25) is 0 Å². The van der Waals surface area contributed by atoms with Gasteiger partial charge in [-0.15, -0.1) is 0 Å². The second-order valence-electron chi connectivity index (χ2n) is 3.21. The Hall–Kier alpha value is -1.84. The first-order valence-corrected chi connectivity index (χ1v) is 5.16. The Balaban J connectivity index is 3.21. The zero-order valence-corrected chi connectivity index (χ0v) is 9.78. The van der Waals surface area contributed by atoms with E-state index in [1.807, 2.05) is 31.2 Å². The van der Waals surface area contributed by atoms with Crippen molar-refractivity contribution in [2.45, 2.75) is 13.3 Å². The third-order valence-electron chi connectivity index (χ3n) is 2.28. The van der Waals surface area contributed by atoms with Crippen molar-refractivity contribution < 1.29 is 9.63 Å². The summed E-state index contributed by atoms with van der Waals surface area (Å²) < 4.78 is 0. The molecule has 0 aliphatic heterocycles. The van der Waals surface area contributed by atoms with Crippen LogP contribution in [0.25, 0.3) is 0 Å². The van der Waals surface area contributed by atoms with Gasteiger partial charge in [-0.2, -0.15) is 0 Å². The first kappa shape index (κ1) is 12.2. The molecule has 1 aromatic carbocycles. The van der Waals surface area contributed by atoms with E-state index < -0.39 is 0 Å². The topological polar surface area (TPSA) is 50.7 Å². The number of carbonyl (C=O) groups excluding carboxylic acids is 1. The fourth-order valence-electron chi connectivity index (χ4n) is 1.48. The Labute approximate surface area is 95.3 Å². The number of aryl methyl sites for hydroxylation is 1. The van der Waals surface area contributed by atoms with E-state index >= 15 is 0 Å². The largest absolute Gasteiger partial charge is 0.398 e. The summed E-state index contributed by atoms with van der Waals surface area (Å²) in [5.41, 5.74) is 2.19. The molecule has 0 saturated heterocycles. The first-order valence-electron chi connectivity index (χ1n) is 5.16. The summed E-state index contributed by atoms with van der Waals surface area (Å²) in [6.45, 7) is 2.03. The lowest BCUT2D eigenvalue weighted by atomic mass is 10.0. The average Bonchev–Trinajstić information content (AvgIpc) is 2.35. The van der Waals surface area contributed by atoms with Gasteiger partial charge in [0.2, 0.25) is 0 Å². The number of carbonyl (C=O) groups is 1. The number of benzene rings is 1. The van der Waals surface area contributed by atoms with Crippen molar-refractivity contribution in [2.75, 3.05) is 14.2 Å². The number of nitrogens with one attached hydrogen (secondary N) is 1. The smallest absolute Gasteiger partial charge is 0.273 e. The molecular weight excluding hydrogens is 204 g/mol. The minimum Gasteiger partial charge on any atom is -0.398 e. The molecule has 86 valence electrons. The molecule has 0 heterocycles. The minimum absolute atomic E-state index is 0.247. The summed E-state index contributed by atoms with van der Waals surface area (Å²) in [6, 6.07) is 7.66. The quantitative estimate of drug-likeness (QED) is 0.615. The molecule has 4 nitrogen and oxygen atoms in total. The predicted molar refractivity (Wildman–Crippen MR) is 63.4 cm³/mol. The summed E-state index contributed by atoms with van der Waals surface area (Å²) >= 11 is 0. The van der Waals surface area contributed by atoms with Gasteiger partial charge in [0.25, 0.3) is 5.91 Å². The molecule has 1 N–H and O–H groups in total. The van der Waals surface area contributed by atoms with E-state index in [4.69, 9.17) is 4.84 Å². The van der Waals surface area contributed by atoms with E-state index in [0.717, 1.165) is 17.5 Å². The molecule has 1 rings (SSSR count). The molecule has 0 bridgehead atoms. The maximum atomic E-state index is 11.6. The number of hydrogen-bond donors (Lipinski definition) is 1. The van der Waals surface area contributed by atoms with Crippen molar-refractivity contribution in [1.29, 1.82) is 0 Å². The van der Waals surface area contributed by atoms with Crippen LogP contribution in [0.15, 0.2) is 29.4 Å². The number of amides is 1. The van der Waals surface area contributed by atoms with Crippen molar-refractivity contribution >= 4 is 11.6 Å².